The van der Waals surface area contributed by atoms with E-state index in [1.165, 1.54) is 10.8 Å². The number of benzene rings is 1. The number of amides is 1. The molecule has 3 heteroatoms. The maximum absolute atomic E-state index is 11.5. The maximum Gasteiger partial charge on any atom is 0.224 e. The van der Waals surface area contributed by atoms with Gasteiger partial charge in [-0.25, -0.2) is 0 Å². The number of nitrogens with one attached hydrogen (secondary N) is 1. The Morgan fingerprint density at radius 1 is 1.33 bits per heavy atom. The van der Waals surface area contributed by atoms with Crippen molar-refractivity contribution in [1.29, 1.82) is 0 Å². The molecule has 1 saturated heterocycles. The molecule has 1 fully saturated rings. The zero-order chi connectivity index (χ0) is 10.3. The Kier molecular flexibility index (Phi) is 1.84. The van der Waals surface area contributed by atoms with Gasteiger partial charge in [0.2, 0.25) is 5.91 Å². The van der Waals surface area contributed by atoms with Crippen LogP contribution in [0.15, 0.2) is 29.3 Å². The lowest BCUT2D eigenvalue weighted by atomic mass is 10.0. The van der Waals surface area contributed by atoms with Crippen LogP contribution in [-0.4, -0.2) is 18.5 Å². The van der Waals surface area contributed by atoms with Crippen LogP contribution in [0.3, 0.4) is 0 Å². The molecule has 15 heavy (non-hydrogen) atoms. The largest absolute Gasteiger partial charge is 0.356 e. The van der Waals surface area contributed by atoms with Gasteiger partial charge in [0.05, 0.1) is 17.8 Å². The summed E-state index contributed by atoms with van der Waals surface area (Å²) in [5.74, 6) is 0.124. The summed E-state index contributed by atoms with van der Waals surface area (Å²) in [6.07, 6.45) is 1.43. The topological polar surface area (TPSA) is 41.5 Å². The predicted molar refractivity (Wildman–Crippen MR) is 56.7 cm³/mol. The van der Waals surface area contributed by atoms with Crippen LogP contribution in [0.2, 0.25) is 0 Å². The highest BCUT2D eigenvalue weighted by molar-refractivity contribution is 5.86. The Morgan fingerprint density at radius 2 is 2.20 bits per heavy atom. The molecule has 3 nitrogen and oxygen atoms in total. The van der Waals surface area contributed by atoms with E-state index in [1.54, 1.807) is 0 Å². The van der Waals surface area contributed by atoms with Crippen molar-refractivity contribution in [2.45, 2.75) is 18.9 Å². The van der Waals surface area contributed by atoms with Crippen LogP contribution in [0, 0.1) is 0 Å². The number of fused-ring (bicyclic) bond motifs is 2. The van der Waals surface area contributed by atoms with Crippen LogP contribution in [0.4, 0.5) is 0 Å². The normalized spacial score (nSPS) is 23.6. The molecule has 1 aromatic carbocycles. The molecule has 2 aliphatic heterocycles. The summed E-state index contributed by atoms with van der Waals surface area (Å²) < 4.78 is 0. The van der Waals surface area contributed by atoms with Crippen molar-refractivity contribution in [2.24, 2.45) is 4.99 Å². The van der Waals surface area contributed by atoms with Crippen molar-refractivity contribution in [2.75, 3.05) is 6.54 Å². The predicted octanol–water partition coefficient (Wildman–Crippen LogP) is -0.251. The Hall–Kier alpha value is -1.64. The second-order valence-electron chi connectivity index (χ2n) is 4.00. The smallest absolute Gasteiger partial charge is 0.224 e. The Morgan fingerprint density at radius 3 is 3.13 bits per heavy atom. The molecular weight excluding hydrogens is 188 g/mol. The third kappa shape index (κ3) is 1.35. The molecule has 2 heterocycles. The van der Waals surface area contributed by atoms with Gasteiger partial charge in [-0.3, -0.25) is 9.79 Å². The van der Waals surface area contributed by atoms with Gasteiger partial charge < -0.3 is 5.32 Å². The molecular formula is C12H12N2O. The lowest BCUT2D eigenvalue weighted by Gasteiger charge is -2.05. The van der Waals surface area contributed by atoms with Crippen LogP contribution in [0.25, 0.3) is 5.57 Å². The van der Waals surface area contributed by atoms with E-state index in [2.05, 4.69) is 16.4 Å². The van der Waals surface area contributed by atoms with Crippen molar-refractivity contribution < 1.29 is 4.79 Å². The van der Waals surface area contributed by atoms with Crippen molar-refractivity contribution in [3.8, 4) is 0 Å². The highest BCUT2D eigenvalue weighted by Crippen LogP contribution is 2.18. The number of hydrogen-bond acceptors (Lipinski definition) is 2. The van der Waals surface area contributed by atoms with Crippen LogP contribution in [0.5, 0.6) is 0 Å². The van der Waals surface area contributed by atoms with Crippen molar-refractivity contribution in [3.63, 3.8) is 0 Å². The molecule has 1 amide bonds. The molecule has 0 saturated carbocycles. The van der Waals surface area contributed by atoms with Gasteiger partial charge in [-0.1, -0.05) is 18.2 Å². The fourth-order valence-electron chi connectivity index (χ4n) is 2.32. The summed E-state index contributed by atoms with van der Waals surface area (Å²) in [5.41, 5.74) is 1.20. The Labute approximate surface area is 87.5 Å². The minimum absolute atomic E-state index is 0.124. The van der Waals surface area contributed by atoms with E-state index in [4.69, 9.17) is 0 Å². The van der Waals surface area contributed by atoms with Gasteiger partial charge in [0.1, 0.15) is 0 Å². The van der Waals surface area contributed by atoms with Crippen molar-refractivity contribution >= 4 is 11.5 Å². The average Bonchev–Trinajstić information content (AvgIpc) is 2.47. The highest BCUT2D eigenvalue weighted by Gasteiger charge is 2.24. The quantitative estimate of drug-likeness (QED) is 0.616. The van der Waals surface area contributed by atoms with Gasteiger partial charge in [-0.15, -0.1) is 0 Å². The monoisotopic (exact) mass is 200 g/mol. The minimum Gasteiger partial charge on any atom is -0.356 e. The second kappa shape index (κ2) is 3.19. The molecule has 1 aromatic rings. The average molecular weight is 200 g/mol. The van der Waals surface area contributed by atoms with Crippen molar-refractivity contribution in [3.05, 3.63) is 34.8 Å². The first-order valence-electron chi connectivity index (χ1n) is 5.27. The molecule has 0 spiro atoms. The Balaban J connectivity index is 2.22. The SMILES string of the molecule is O=C1CC2=c3ccccc3=NC2CCN1. The summed E-state index contributed by atoms with van der Waals surface area (Å²) in [5, 5.41) is 5.10. The molecule has 1 atom stereocenters. The fourth-order valence-corrected chi connectivity index (χ4v) is 2.32. The van der Waals surface area contributed by atoms with Crippen LogP contribution in [0.1, 0.15) is 12.8 Å². The van der Waals surface area contributed by atoms with E-state index in [-0.39, 0.29) is 11.9 Å². The molecule has 0 aliphatic carbocycles. The molecule has 1 unspecified atom stereocenters. The number of carbonyl (C=O) groups is 1. The number of rotatable bonds is 0. The summed E-state index contributed by atoms with van der Waals surface area (Å²) >= 11 is 0. The van der Waals surface area contributed by atoms with E-state index in [0.717, 1.165) is 18.3 Å². The number of para-hydroxylation sites is 1. The minimum atomic E-state index is 0.124. The van der Waals surface area contributed by atoms with Crippen LogP contribution >= 0.6 is 0 Å². The van der Waals surface area contributed by atoms with Crippen molar-refractivity contribution in [1.82, 2.24) is 5.32 Å². The second-order valence-corrected chi connectivity index (χ2v) is 4.00. The van der Waals surface area contributed by atoms with Gasteiger partial charge in [0.15, 0.2) is 0 Å². The summed E-state index contributed by atoms with van der Waals surface area (Å²) in [6.45, 7) is 0.741. The molecule has 1 N–H and O–H groups in total. The van der Waals surface area contributed by atoms with E-state index in [1.807, 2.05) is 18.2 Å². The van der Waals surface area contributed by atoms with Gasteiger partial charge in [0, 0.05) is 11.8 Å². The highest BCUT2D eigenvalue weighted by atomic mass is 16.1. The van der Waals surface area contributed by atoms with Gasteiger partial charge >= 0.3 is 0 Å². The van der Waals surface area contributed by atoms with E-state index in [9.17, 15) is 4.79 Å². The number of carbonyl (C=O) groups excluding carboxylic acids is 1. The van der Waals surface area contributed by atoms with Gasteiger partial charge in [0.25, 0.3) is 0 Å². The molecule has 2 aliphatic rings. The summed E-state index contributed by atoms with van der Waals surface area (Å²) in [7, 11) is 0. The third-order valence-corrected chi connectivity index (χ3v) is 3.04. The molecule has 0 radical (unpaired) electrons. The first-order chi connectivity index (χ1) is 7.34. The van der Waals surface area contributed by atoms with Crippen LogP contribution in [-0.2, 0) is 4.79 Å². The lowest BCUT2D eigenvalue weighted by molar-refractivity contribution is -0.119. The zero-order valence-corrected chi connectivity index (χ0v) is 8.36. The summed E-state index contributed by atoms with van der Waals surface area (Å²) in [6, 6.07) is 8.31. The maximum atomic E-state index is 11.5. The molecule has 0 aromatic heterocycles. The van der Waals surface area contributed by atoms with Gasteiger partial charge in [-0.05, 0) is 18.1 Å². The van der Waals surface area contributed by atoms with Gasteiger partial charge in [-0.2, -0.15) is 0 Å². The fraction of sp³-hybridized carbons (Fsp3) is 0.333. The van der Waals surface area contributed by atoms with Crippen LogP contribution < -0.4 is 15.9 Å². The molecule has 3 rings (SSSR count). The standard InChI is InChI=1S/C12H12N2O/c15-12-7-9-8-3-1-2-4-10(8)14-11(9)5-6-13-12/h1-4,11H,5-7H2,(H,13,15). The first kappa shape index (κ1) is 8.65. The number of nitrogens with zero attached hydrogens (tertiary/aromatic N) is 1. The number of hydrogen-bond donors (Lipinski definition) is 1. The van der Waals surface area contributed by atoms with E-state index >= 15 is 0 Å². The first-order valence-corrected chi connectivity index (χ1v) is 5.27. The summed E-state index contributed by atoms with van der Waals surface area (Å²) in [4.78, 5) is 16.1. The van der Waals surface area contributed by atoms with E-state index < -0.39 is 0 Å². The zero-order valence-electron chi connectivity index (χ0n) is 8.36. The molecule has 0 bridgehead atoms. The molecule has 76 valence electrons. The Bertz CT molecular complexity index is 533. The lowest BCUT2D eigenvalue weighted by Crippen LogP contribution is -2.25. The third-order valence-electron chi connectivity index (χ3n) is 3.04. The van der Waals surface area contributed by atoms with E-state index in [0.29, 0.717) is 6.42 Å².